The molecule has 3 rings (SSSR count). The smallest absolute Gasteiger partial charge is 0.326 e. The van der Waals surface area contributed by atoms with Gasteiger partial charge in [0.25, 0.3) is 0 Å². The van der Waals surface area contributed by atoms with Gasteiger partial charge in [0.05, 0.1) is 11.3 Å². The molecule has 7 heteroatoms. The summed E-state index contributed by atoms with van der Waals surface area (Å²) in [4.78, 5) is 5.87. The summed E-state index contributed by atoms with van der Waals surface area (Å²) in [6.07, 6.45) is -2.99. The molecule has 2 aromatic rings. The van der Waals surface area contributed by atoms with Crippen LogP contribution in [-0.2, 0) is 12.7 Å². The van der Waals surface area contributed by atoms with Crippen LogP contribution >= 0.6 is 12.4 Å². The van der Waals surface area contributed by atoms with Crippen molar-refractivity contribution in [3.8, 4) is 0 Å². The molecule has 24 heavy (non-hydrogen) atoms. The van der Waals surface area contributed by atoms with Gasteiger partial charge in [-0.3, -0.25) is 9.88 Å². The summed E-state index contributed by atoms with van der Waals surface area (Å²) in [7, 11) is 0. The van der Waals surface area contributed by atoms with Gasteiger partial charge in [0.2, 0.25) is 0 Å². The largest absolute Gasteiger partial charge is 0.418 e. The number of hydrogen-bond donors (Lipinski definition) is 1. The Morgan fingerprint density at radius 1 is 1.08 bits per heavy atom. The zero-order valence-electron chi connectivity index (χ0n) is 12.9. The predicted molar refractivity (Wildman–Crippen MR) is 88.9 cm³/mol. The van der Waals surface area contributed by atoms with Gasteiger partial charge in [-0.1, -0.05) is 30.3 Å². The number of alkyl halides is 3. The Morgan fingerprint density at radius 2 is 1.79 bits per heavy atom. The van der Waals surface area contributed by atoms with E-state index < -0.39 is 11.7 Å². The van der Waals surface area contributed by atoms with Crippen molar-refractivity contribution >= 4 is 12.4 Å². The molecule has 2 atom stereocenters. The number of likely N-dealkylation sites (tertiary alicyclic amines) is 1. The van der Waals surface area contributed by atoms with Crippen LogP contribution in [0.25, 0.3) is 0 Å². The second kappa shape index (κ2) is 7.51. The summed E-state index contributed by atoms with van der Waals surface area (Å²) in [6, 6.07) is 12.2. The third-order valence-corrected chi connectivity index (χ3v) is 4.24. The molecule has 0 aliphatic carbocycles. The van der Waals surface area contributed by atoms with Crippen molar-refractivity contribution in [3.63, 3.8) is 0 Å². The van der Waals surface area contributed by atoms with Gasteiger partial charge in [-0.25, -0.2) is 0 Å². The average molecular weight is 358 g/mol. The molecular weight excluding hydrogens is 339 g/mol. The third kappa shape index (κ3) is 4.06. The highest BCUT2D eigenvalue weighted by Gasteiger charge is 2.36. The minimum Gasteiger partial charge on any atom is -0.326 e. The van der Waals surface area contributed by atoms with Gasteiger partial charge in [0.15, 0.2) is 0 Å². The molecule has 130 valence electrons. The second-order valence-corrected chi connectivity index (χ2v) is 5.87. The zero-order valence-corrected chi connectivity index (χ0v) is 13.7. The Hall–Kier alpha value is -1.63. The maximum atomic E-state index is 13.1. The average Bonchev–Trinajstić information content (AvgIpc) is 2.88. The van der Waals surface area contributed by atoms with Gasteiger partial charge >= 0.3 is 6.18 Å². The van der Waals surface area contributed by atoms with Crippen LogP contribution in [0.15, 0.2) is 48.7 Å². The van der Waals surface area contributed by atoms with Crippen LogP contribution in [0.3, 0.4) is 0 Å². The van der Waals surface area contributed by atoms with Crippen LogP contribution in [0.5, 0.6) is 0 Å². The van der Waals surface area contributed by atoms with E-state index in [1.807, 2.05) is 35.2 Å². The number of nitrogens with two attached hydrogens (primary N) is 1. The summed E-state index contributed by atoms with van der Waals surface area (Å²) >= 11 is 0. The van der Waals surface area contributed by atoms with Gasteiger partial charge in [0, 0.05) is 37.8 Å². The molecule has 0 amide bonds. The number of pyridine rings is 1. The molecule has 1 aromatic carbocycles. The Balaban J connectivity index is 0.00000208. The SMILES string of the molecule is Cl.N[C@@H]1CN(Cc2ncccc2C(F)(F)F)C[C@H]1c1ccccc1. The fourth-order valence-electron chi connectivity index (χ4n) is 3.13. The van der Waals surface area contributed by atoms with Gasteiger partial charge in [0.1, 0.15) is 0 Å². The summed E-state index contributed by atoms with van der Waals surface area (Å²) in [5, 5.41) is 0. The van der Waals surface area contributed by atoms with Crippen LogP contribution in [0.2, 0.25) is 0 Å². The number of nitrogens with zero attached hydrogens (tertiary/aromatic N) is 2. The first-order valence-electron chi connectivity index (χ1n) is 7.49. The summed E-state index contributed by atoms with van der Waals surface area (Å²) in [5.41, 5.74) is 6.71. The van der Waals surface area contributed by atoms with Crippen molar-refractivity contribution in [2.45, 2.75) is 24.7 Å². The third-order valence-electron chi connectivity index (χ3n) is 4.24. The van der Waals surface area contributed by atoms with E-state index in [-0.39, 0.29) is 36.6 Å². The number of rotatable bonds is 3. The summed E-state index contributed by atoms with van der Waals surface area (Å²) in [6.45, 7) is 1.36. The number of benzene rings is 1. The Bertz CT molecular complexity index is 664. The lowest BCUT2D eigenvalue weighted by atomic mass is 9.95. The quantitative estimate of drug-likeness (QED) is 0.914. The molecule has 3 nitrogen and oxygen atoms in total. The van der Waals surface area contributed by atoms with Crippen LogP contribution in [-0.4, -0.2) is 29.0 Å². The first kappa shape index (κ1) is 18.7. The molecule has 2 heterocycles. The van der Waals surface area contributed by atoms with Gasteiger partial charge < -0.3 is 5.73 Å². The summed E-state index contributed by atoms with van der Waals surface area (Å²) in [5.74, 6) is 0.134. The minimum atomic E-state index is -4.38. The van der Waals surface area contributed by atoms with E-state index in [2.05, 4.69) is 4.98 Å². The Kier molecular flexibility index (Phi) is 5.85. The van der Waals surface area contributed by atoms with Gasteiger partial charge in [-0.05, 0) is 17.7 Å². The fourth-order valence-corrected chi connectivity index (χ4v) is 3.13. The van der Waals surface area contributed by atoms with Crippen molar-refractivity contribution in [1.82, 2.24) is 9.88 Å². The molecule has 1 aliphatic heterocycles. The maximum absolute atomic E-state index is 13.1. The number of aromatic nitrogens is 1. The van der Waals surface area contributed by atoms with Crippen molar-refractivity contribution in [3.05, 3.63) is 65.5 Å². The van der Waals surface area contributed by atoms with Crippen molar-refractivity contribution in [2.24, 2.45) is 5.73 Å². The van der Waals surface area contributed by atoms with E-state index in [4.69, 9.17) is 5.73 Å². The molecule has 0 saturated carbocycles. The van der Waals surface area contributed by atoms with E-state index >= 15 is 0 Å². The lowest BCUT2D eigenvalue weighted by molar-refractivity contribution is -0.138. The van der Waals surface area contributed by atoms with Crippen molar-refractivity contribution in [1.29, 1.82) is 0 Å². The summed E-state index contributed by atoms with van der Waals surface area (Å²) < 4.78 is 39.2. The fraction of sp³-hybridized carbons (Fsp3) is 0.353. The first-order chi connectivity index (χ1) is 10.9. The highest BCUT2D eigenvalue weighted by molar-refractivity contribution is 5.85. The Morgan fingerprint density at radius 3 is 2.46 bits per heavy atom. The monoisotopic (exact) mass is 357 g/mol. The van der Waals surface area contributed by atoms with Gasteiger partial charge in [-0.2, -0.15) is 13.2 Å². The minimum absolute atomic E-state index is 0. The topological polar surface area (TPSA) is 42.1 Å². The molecule has 0 spiro atoms. The Labute approximate surface area is 145 Å². The molecule has 1 aromatic heterocycles. The van der Waals surface area contributed by atoms with E-state index in [1.165, 1.54) is 12.3 Å². The predicted octanol–water partition coefficient (Wildman–Crippen LogP) is 3.45. The number of halogens is 4. The van der Waals surface area contributed by atoms with E-state index in [9.17, 15) is 13.2 Å². The molecule has 0 radical (unpaired) electrons. The standard InChI is InChI=1S/C17H18F3N3.ClH/c18-17(19,20)14-7-4-8-22-16(14)11-23-9-13(15(21)10-23)12-5-2-1-3-6-12;/h1-8,13,15H,9-11,21H2;1H/t13-,15+;/m0./s1. The van der Waals surface area contributed by atoms with Crippen molar-refractivity contribution in [2.75, 3.05) is 13.1 Å². The van der Waals surface area contributed by atoms with Crippen LogP contribution in [0.4, 0.5) is 13.2 Å². The van der Waals surface area contributed by atoms with E-state index in [1.54, 1.807) is 0 Å². The molecule has 0 bridgehead atoms. The highest BCUT2D eigenvalue weighted by Crippen LogP contribution is 2.33. The lowest BCUT2D eigenvalue weighted by Gasteiger charge is -2.18. The van der Waals surface area contributed by atoms with Crippen LogP contribution in [0.1, 0.15) is 22.7 Å². The van der Waals surface area contributed by atoms with Gasteiger partial charge in [-0.15, -0.1) is 12.4 Å². The lowest BCUT2D eigenvalue weighted by Crippen LogP contribution is -2.29. The molecule has 1 aliphatic rings. The molecular formula is C17H19ClF3N3. The normalized spacial score (nSPS) is 21.5. The molecule has 1 fully saturated rings. The van der Waals surface area contributed by atoms with Crippen LogP contribution < -0.4 is 5.73 Å². The van der Waals surface area contributed by atoms with Crippen LogP contribution in [0, 0.1) is 0 Å². The first-order valence-corrected chi connectivity index (χ1v) is 7.49. The maximum Gasteiger partial charge on any atom is 0.418 e. The zero-order chi connectivity index (χ0) is 16.4. The molecule has 0 unspecified atom stereocenters. The second-order valence-electron chi connectivity index (χ2n) is 5.87. The molecule has 2 N–H and O–H groups in total. The van der Waals surface area contributed by atoms with Crippen molar-refractivity contribution < 1.29 is 13.2 Å². The van der Waals surface area contributed by atoms with E-state index in [0.29, 0.717) is 13.1 Å². The van der Waals surface area contributed by atoms with E-state index in [0.717, 1.165) is 11.6 Å². The molecule has 1 saturated heterocycles. The number of hydrogen-bond acceptors (Lipinski definition) is 3. The highest BCUT2D eigenvalue weighted by atomic mass is 35.5.